The molecule has 0 saturated carbocycles. The quantitative estimate of drug-likeness (QED) is 0.827. The molecular formula is C16H32N2. The number of nitrogens with one attached hydrogen (secondary N) is 1. The average molecular weight is 252 g/mol. The van der Waals surface area contributed by atoms with E-state index in [1.54, 1.807) is 0 Å². The summed E-state index contributed by atoms with van der Waals surface area (Å²) in [6.07, 6.45) is 6.95. The maximum absolute atomic E-state index is 3.64. The monoisotopic (exact) mass is 252 g/mol. The third-order valence-corrected chi connectivity index (χ3v) is 5.32. The molecule has 106 valence electrons. The Morgan fingerprint density at radius 3 is 2.72 bits per heavy atom. The Hall–Kier alpha value is -0.0800. The minimum Gasteiger partial charge on any atom is -0.316 e. The van der Waals surface area contributed by atoms with Gasteiger partial charge in [0, 0.05) is 19.6 Å². The van der Waals surface area contributed by atoms with Gasteiger partial charge in [-0.15, -0.1) is 0 Å². The highest BCUT2D eigenvalue weighted by molar-refractivity contribution is 4.89. The van der Waals surface area contributed by atoms with Gasteiger partial charge in [-0.3, -0.25) is 0 Å². The third kappa shape index (κ3) is 3.48. The molecule has 2 heteroatoms. The molecule has 0 aromatic carbocycles. The molecule has 0 amide bonds. The molecule has 2 aliphatic heterocycles. The Bertz CT molecular complexity index is 240. The van der Waals surface area contributed by atoms with Gasteiger partial charge in [-0.25, -0.2) is 0 Å². The first-order chi connectivity index (χ1) is 8.65. The molecular weight excluding hydrogens is 220 g/mol. The van der Waals surface area contributed by atoms with Crippen LogP contribution in [0.1, 0.15) is 52.9 Å². The van der Waals surface area contributed by atoms with Gasteiger partial charge in [-0.2, -0.15) is 0 Å². The largest absolute Gasteiger partial charge is 0.316 e. The zero-order chi connectivity index (χ0) is 13.0. The molecule has 0 spiro atoms. The lowest BCUT2D eigenvalue weighted by Crippen LogP contribution is -2.50. The Kier molecular flexibility index (Phi) is 5.08. The fraction of sp³-hybridized carbons (Fsp3) is 1.00. The van der Waals surface area contributed by atoms with E-state index in [0.29, 0.717) is 5.41 Å². The van der Waals surface area contributed by atoms with Crippen LogP contribution in [-0.4, -0.2) is 37.6 Å². The highest BCUT2D eigenvalue weighted by Crippen LogP contribution is 2.34. The maximum atomic E-state index is 3.64. The van der Waals surface area contributed by atoms with Crippen molar-refractivity contribution < 1.29 is 0 Å². The summed E-state index contributed by atoms with van der Waals surface area (Å²) >= 11 is 0. The number of rotatable bonds is 4. The highest BCUT2D eigenvalue weighted by atomic mass is 15.1. The van der Waals surface area contributed by atoms with Gasteiger partial charge in [0.05, 0.1) is 0 Å². The zero-order valence-electron chi connectivity index (χ0n) is 12.7. The lowest BCUT2D eigenvalue weighted by molar-refractivity contribution is 0.0614. The summed E-state index contributed by atoms with van der Waals surface area (Å²) in [6.45, 7) is 13.7. The van der Waals surface area contributed by atoms with Gasteiger partial charge in [0.25, 0.3) is 0 Å². The van der Waals surface area contributed by atoms with E-state index < -0.39 is 0 Å². The minimum atomic E-state index is 0.577. The summed E-state index contributed by atoms with van der Waals surface area (Å²) in [6, 6.07) is 0. The van der Waals surface area contributed by atoms with Crippen molar-refractivity contribution in [3.05, 3.63) is 0 Å². The Morgan fingerprint density at radius 2 is 2.11 bits per heavy atom. The van der Waals surface area contributed by atoms with Crippen LogP contribution in [0.3, 0.4) is 0 Å². The van der Waals surface area contributed by atoms with Crippen LogP contribution in [-0.2, 0) is 0 Å². The number of nitrogens with zero attached hydrogens (tertiary/aromatic N) is 1. The van der Waals surface area contributed by atoms with Crippen LogP contribution in [0, 0.1) is 17.3 Å². The molecule has 0 aromatic rings. The minimum absolute atomic E-state index is 0.577. The molecule has 2 heterocycles. The number of hydrogen-bond acceptors (Lipinski definition) is 2. The zero-order valence-corrected chi connectivity index (χ0v) is 12.7. The molecule has 0 bridgehead atoms. The summed E-state index contributed by atoms with van der Waals surface area (Å²) in [4.78, 5) is 2.76. The molecule has 2 saturated heterocycles. The predicted molar refractivity (Wildman–Crippen MR) is 78.8 cm³/mol. The average Bonchev–Trinajstić information content (AvgIpc) is 2.35. The van der Waals surface area contributed by atoms with Gasteiger partial charge in [0.2, 0.25) is 0 Å². The van der Waals surface area contributed by atoms with Crippen LogP contribution in [0.5, 0.6) is 0 Å². The van der Waals surface area contributed by atoms with Crippen molar-refractivity contribution in [2.45, 2.75) is 52.9 Å². The Balaban J connectivity index is 1.92. The van der Waals surface area contributed by atoms with Crippen LogP contribution in [0.15, 0.2) is 0 Å². The molecule has 2 aliphatic rings. The fourth-order valence-corrected chi connectivity index (χ4v) is 3.96. The first-order valence-electron chi connectivity index (χ1n) is 8.08. The van der Waals surface area contributed by atoms with Crippen LogP contribution in [0.2, 0.25) is 0 Å². The fourth-order valence-electron chi connectivity index (χ4n) is 3.96. The maximum Gasteiger partial charge on any atom is 0.00503 e. The van der Waals surface area contributed by atoms with E-state index >= 15 is 0 Å². The Morgan fingerprint density at radius 1 is 1.28 bits per heavy atom. The van der Waals surface area contributed by atoms with Gasteiger partial charge >= 0.3 is 0 Å². The lowest BCUT2D eigenvalue weighted by atomic mass is 9.75. The molecule has 0 aliphatic carbocycles. The van der Waals surface area contributed by atoms with E-state index in [2.05, 4.69) is 31.0 Å². The molecule has 2 rings (SSSR count). The topological polar surface area (TPSA) is 15.3 Å². The first-order valence-corrected chi connectivity index (χ1v) is 8.08. The van der Waals surface area contributed by atoms with E-state index in [0.717, 1.165) is 11.8 Å². The van der Waals surface area contributed by atoms with Gasteiger partial charge in [0.1, 0.15) is 0 Å². The summed E-state index contributed by atoms with van der Waals surface area (Å²) < 4.78 is 0. The molecule has 0 aromatic heterocycles. The Labute approximate surface area is 114 Å². The van der Waals surface area contributed by atoms with Crippen molar-refractivity contribution >= 4 is 0 Å². The molecule has 18 heavy (non-hydrogen) atoms. The molecule has 2 nitrogen and oxygen atoms in total. The normalized spacial score (nSPS) is 38.8. The summed E-state index contributed by atoms with van der Waals surface area (Å²) in [5, 5.41) is 3.64. The lowest BCUT2D eigenvalue weighted by Gasteiger charge is -2.44. The van der Waals surface area contributed by atoms with Gasteiger partial charge in [-0.05, 0) is 56.0 Å². The third-order valence-electron chi connectivity index (χ3n) is 5.32. The predicted octanol–water partition coefficient (Wildman–Crippen LogP) is 3.13. The second-order valence-electron chi connectivity index (χ2n) is 7.01. The number of likely N-dealkylation sites (tertiary alicyclic amines) is 1. The van der Waals surface area contributed by atoms with Crippen molar-refractivity contribution in [1.82, 2.24) is 10.2 Å². The van der Waals surface area contributed by atoms with Gasteiger partial charge < -0.3 is 10.2 Å². The molecule has 3 atom stereocenters. The van der Waals surface area contributed by atoms with Gasteiger partial charge in [0.15, 0.2) is 0 Å². The van der Waals surface area contributed by atoms with E-state index in [-0.39, 0.29) is 0 Å². The molecule has 0 radical (unpaired) electrons. The molecule has 1 N–H and O–H groups in total. The van der Waals surface area contributed by atoms with Crippen LogP contribution in [0.25, 0.3) is 0 Å². The van der Waals surface area contributed by atoms with Crippen molar-refractivity contribution in [1.29, 1.82) is 0 Å². The molecule has 2 fully saturated rings. The second-order valence-corrected chi connectivity index (χ2v) is 7.01. The van der Waals surface area contributed by atoms with Crippen LogP contribution < -0.4 is 5.32 Å². The standard InChI is InChI=1S/C16H32N2/c1-4-7-16(8-5-9-17-12-16)13-18-10-6-14(2)15(3)11-18/h14-15,17H,4-13H2,1-3H3. The van der Waals surface area contributed by atoms with Gasteiger partial charge in [-0.1, -0.05) is 27.2 Å². The number of hydrogen-bond donors (Lipinski definition) is 1. The van der Waals surface area contributed by atoms with Crippen molar-refractivity contribution in [2.24, 2.45) is 17.3 Å². The summed E-state index contributed by atoms with van der Waals surface area (Å²) in [5.74, 6) is 1.81. The van der Waals surface area contributed by atoms with E-state index in [9.17, 15) is 0 Å². The molecule has 3 unspecified atom stereocenters. The van der Waals surface area contributed by atoms with E-state index in [4.69, 9.17) is 0 Å². The van der Waals surface area contributed by atoms with E-state index in [1.807, 2.05) is 0 Å². The number of piperidine rings is 2. The van der Waals surface area contributed by atoms with E-state index in [1.165, 1.54) is 64.8 Å². The van der Waals surface area contributed by atoms with Crippen LogP contribution in [0.4, 0.5) is 0 Å². The summed E-state index contributed by atoms with van der Waals surface area (Å²) in [7, 11) is 0. The van der Waals surface area contributed by atoms with Crippen molar-refractivity contribution in [2.75, 3.05) is 32.7 Å². The van der Waals surface area contributed by atoms with Crippen molar-refractivity contribution in [3.63, 3.8) is 0 Å². The second kappa shape index (κ2) is 6.38. The smallest absolute Gasteiger partial charge is 0.00503 e. The summed E-state index contributed by atoms with van der Waals surface area (Å²) in [5.41, 5.74) is 0.577. The van der Waals surface area contributed by atoms with Crippen LogP contribution >= 0.6 is 0 Å². The highest BCUT2D eigenvalue weighted by Gasteiger charge is 2.34. The SMILES string of the molecule is CCCC1(CN2CCC(C)C(C)C2)CCCNC1. The van der Waals surface area contributed by atoms with Crippen molar-refractivity contribution in [3.8, 4) is 0 Å². The first kappa shape index (κ1) is 14.3.